The number of hydrogen-bond donors (Lipinski definition) is 1. The molecule has 0 saturated carbocycles. The number of carbonyl (C=O) groups is 2. The van der Waals surface area contributed by atoms with Crippen molar-refractivity contribution in [1.82, 2.24) is 10.2 Å². The molecular weight excluding hydrogens is 550 g/mol. The van der Waals surface area contributed by atoms with Crippen LogP contribution in [0.2, 0.25) is 5.02 Å². The predicted molar refractivity (Wildman–Crippen MR) is 158 cm³/mol. The first-order valence-electron chi connectivity index (χ1n) is 13.2. The lowest BCUT2D eigenvalue weighted by atomic mass is 10.1. The molecule has 0 aliphatic rings. The number of amides is 2. The number of methoxy groups -OCH3 is 1. The van der Waals surface area contributed by atoms with Crippen LogP contribution in [0.25, 0.3) is 0 Å². The van der Waals surface area contributed by atoms with Crippen molar-refractivity contribution in [2.24, 2.45) is 0 Å². The molecule has 214 valence electrons. The average Bonchev–Trinajstić information content (AvgIpc) is 2.95. The SMILES string of the molecule is CCCNC(=O)C(CC)N(Cc1ccccc1C)C(=O)CN(c1cccc(Cl)c1)S(=O)(=O)c1ccc(OC)cc1. The van der Waals surface area contributed by atoms with Crippen molar-refractivity contribution in [2.75, 3.05) is 24.5 Å². The van der Waals surface area contributed by atoms with Gasteiger partial charge in [-0.1, -0.05) is 55.8 Å². The third-order valence-electron chi connectivity index (χ3n) is 6.56. The van der Waals surface area contributed by atoms with E-state index in [2.05, 4.69) is 5.32 Å². The Kier molecular flexibility index (Phi) is 11.0. The highest BCUT2D eigenvalue weighted by Gasteiger charge is 2.33. The summed E-state index contributed by atoms with van der Waals surface area (Å²) in [6.45, 7) is 5.81. The molecule has 40 heavy (non-hydrogen) atoms. The van der Waals surface area contributed by atoms with Gasteiger partial charge < -0.3 is 15.0 Å². The van der Waals surface area contributed by atoms with Gasteiger partial charge in [-0.05, 0) is 73.4 Å². The number of ether oxygens (including phenoxy) is 1. The third kappa shape index (κ3) is 7.55. The molecule has 0 aromatic heterocycles. The summed E-state index contributed by atoms with van der Waals surface area (Å²) >= 11 is 6.23. The first-order chi connectivity index (χ1) is 19.1. The second kappa shape index (κ2) is 14.2. The number of benzene rings is 3. The van der Waals surface area contributed by atoms with Gasteiger partial charge in [-0.25, -0.2) is 8.42 Å². The van der Waals surface area contributed by atoms with E-state index in [4.69, 9.17) is 16.3 Å². The van der Waals surface area contributed by atoms with Crippen molar-refractivity contribution in [2.45, 2.75) is 51.1 Å². The number of nitrogens with zero attached hydrogens (tertiary/aromatic N) is 2. The zero-order valence-electron chi connectivity index (χ0n) is 23.3. The van der Waals surface area contributed by atoms with Crippen LogP contribution < -0.4 is 14.4 Å². The van der Waals surface area contributed by atoms with E-state index in [9.17, 15) is 18.0 Å². The third-order valence-corrected chi connectivity index (χ3v) is 8.58. The molecule has 0 aliphatic heterocycles. The van der Waals surface area contributed by atoms with E-state index in [1.165, 1.54) is 30.2 Å². The fourth-order valence-electron chi connectivity index (χ4n) is 4.29. The van der Waals surface area contributed by atoms with Gasteiger partial charge in [-0.2, -0.15) is 0 Å². The van der Waals surface area contributed by atoms with Crippen molar-refractivity contribution in [3.8, 4) is 5.75 Å². The standard InChI is InChI=1S/C30H36ClN3O5S/c1-5-18-32-30(36)28(6-2)33(20-23-11-8-7-10-22(23)3)29(35)21-34(25-13-9-12-24(31)19-25)40(37,38)27-16-14-26(39-4)15-17-27/h7-17,19,28H,5-6,18,20-21H2,1-4H3,(H,32,36). The summed E-state index contributed by atoms with van der Waals surface area (Å²) in [5, 5.41) is 3.21. The molecule has 10 heteroatoms. The summed E-state index contributed by atoms with van der Waals surface area (Å²) < 4.78 is 34.0. The highest BCUT2D eigenvalue weighted by atomic mass is 35.5. The summed E-state index contributed by atoms with van der Waals surface area (Å²) in [5.41, 5.74) is 2.06. The Hall–Kier alpha value is -3.56. The fourth-order valence-corrected chi connectivity index (χ4v) is 5.88. The highest BCUT2D eigenvalue weighted by molar-refractivity contribution is 7.92. The molecule has 0 heterocycles. The highest BCUT2D eigenvalue weighted by Crippen LogP contribution is 2.28. The summed E-state index contributed by atoms with van der Waals surface area (Å²) in [4.78, 5) is 28.7. The first kappa shape index (κ1) is 31.0. The molecule has 3 aromatic rings. The number of sulfonamides is 1. The monoisotopic (exact) mass is 585 g/mol. The maximum atomic E-state index is 14.1. The minimum Gasteiger partial charge on any atom is -0.497 e. The number of carbonyl (C=O) groups excluding carboxylic acids is 2. The molecule has 1 unspecified atom stereocenters. The Bertz CT molecular complexity index is 1410. The Labute approximate surface area is 241 Å². The lowest BCUT2D eigenvalue weighted by Gasteiger charge is -2.33. The van der Waals surface area contributed by atoms with Crippen LogP contribution in [0.4, 0.5) is 5.69 Å². The molecule has 8 nitrogen and oxygen atoms in total. The summed E-state index contributed by atoms with van der Waals surface area (Å²) in [6.07, 6.45) is 1.10. The molecule has 0 bridgehead atoms. The van der Waals surface area contributed by atoms with Crippen LogP contribution in [0.1, 0.15) is 37.8 Å². The smallest absolute Gasteiger partial charge is 0.264 e. The van der Waals surface area contributed by atoms with E-state index in [0.717, 1.165) is 21.9 Å². The first-order valence-corrected chi connectivity index (χ1v) is 15.0. The van der Waals surface area contributed by atoms with Crippen molar-refractivity contribution in [3.63, 3.8) is 0 Å². The van der Waals surface area contributed by atoms with E-state index in [1.807, 2.05) is 45.0 Å². The number of anilines is 1. The van der Waals surface area contributed by atoms with Crippen LogP contribution in [-0.4, -0.2) is 51.4 Å². The minimum absolute atomic E-state index is 0.0146. The Morgan fingerprint density at radius 3 is 2.30 bits per heavy atom. The van der Waals surface area contributed by atoms with Gasteiger partial charge in [0.15, 0.2) is 0 Å². The van der Waals surface area contributed by atoms with Crippen LogP contribution >= 0.6 is 11.6 Å². The summed E-state index contributed by atoms with van der Waals surface area (Å²) in [7, 11) is -2.71. The predicted octanol–water partition coefficient (Wildman–Crippen LogP) is 5.19. The van der Waals surface area contributed by atoms with Crippen molar-refractivity contribution in [1.29, 1.82) is 0 Å². The van der Waals surface area contributed by atoms with E-state index in [0.29, 0.717) is 23.7 Å². The Balaban J connectivity index is 2.06. The Morgan fingerprint density at radius 2 is 1.70 bits per heavy atom. The van der Waals surface area contributed by atoms with Gasteiger partial charge in [-0.3, -0.25) is 13.9 Å². The number of halogens is 1. The molecule has 0 radical (unpaired) electrons. The van der Waals surface area contributed by atoms with E-state index < -0.39 is 28.5 Å². The maximum Gasteiger partial charge on any atom is 0.264 e. The van der Waals surface area contributed by atoms with Crippen LogP contribution in [-0.2, 0) is 26.2 Å². The second-order valence-corrected chi connectivity index (χ2v) is 11.6. The van der Waals surface area contributed by atoms with Gasteiger partial charge in [0.2, 0.25) is 11.8 Å². The molecule has 0 fully saturated rings. The molecule has 1 atom stereocenters. The lowest BCUT2D eigenvalue weighted by molar-refractivity contribution is -0.140. The molecule has 0 saturated heterocycles. The number of rotatable bonds is 13. The maximum absolute atomic E-state index is 14.1. The zero-order valence-corrected chi connectivity index (χ0v) is 24.8. The van der Waals surface area contributed by atoms with Crippen molar-refractivity contribution in [3.05, 3.63) is 88.9 Å². The van der Waals surface area contributed by atoms with Gasteiger partial charge in [0, 0.05) is 18.1 Å². The summed E-state index contributed by atoms with van der Waals surface area (Å²) in [5.74, 6) is -0.296. The average molecular weight is 586 g/mol. The van der Waals surface area contributed by atoms with Crippen molar-refractivity contribution >= 4 is 39.1 Å². The fraction of sp³-hybridized carbons (Fsp3) is 0.333. The molecule has 0 spiro atoms. The number of hydrogen-bond acceptors (Lipinski definition) is 5. The lowest BCUT2D eigenvalue weighted by Crippen LogP contribution is -2.52. The molecule has 3 aromatic carbocycles. The van der Waals surface area contributed by atoms with Gasteiger partial charge >= 0.3 is 0 Å². The van der Waals surface area contributed by atoms with Gasteiger partial charge in [-0.15, -0.1) is 0 Å². The Morgan fingerprint density at radius 1 is 1.00 bits per heavy atom. The number of nitrogens with one attached hydrogen (secondary N) is 1. The van der Waals surface area contributed by atoms with E-state index >= 15 is 0 Å². The molecule has 3 rings (SSSR count). The summed E-state index contributed by atoms with van der Waals surface area (Å²) in [6, 6.07) is 19.1. The van der Waals surface area contributed by atoms with Gasteiger partial charge in [0.25, 0.3) is 10.0 Å². The quantitative estimate of drug-likeness (QED) is 0.298. The largest absolute Gasteiger partial charge is 0.497 e. The van der Waals surface area contributed by atoms with E-state index in [1.54, 1.807) is 30.3 Å². The molecule has 1 N–H and O–H groups in total. The molecule has 2 amide bonds. The second-order valence-electron chi connectivity index (χ2n) is 9.33. The minimum atomic E-state index is -4.20. The molecular formula is C30H36ClN3O5S. The van der Waals surface area contributed by atoms with Crippen LogP contribution in [0.15, 0.2) is 77.7 Å². The van der Waals surface area contributed by atoms with Gasteiger partial charge in [0.05, 0.1) is 17.7 Å². The molecule has 0 aliphatic carbocycles. The normalized spacial score (nSPS) is 11.9. The van der Waals surface area contributed by atoms with E-state index in [-0.39, 0.29) is 23.0 Å². The van der Waals surface area contributed by atoms with Gasteiger partial charge in [0.1, 0.15) is 18.3 Å². The van der Waals surface area contributed by atoms with Crippen LogP contribution in [0, 0.1) is 6.92 Å². The zero-order chi connectivity index (χ0) is 29.3. The van der Waals surface area contributed by atoms with Crippen LogP contribution in [0.5, 0.6) is 5.75 Å². The van der Waals surface area contributed by atoms with Crippen LogP contribution in [0.3, 0.4) is 0 Å². The van der Waals surface area contributed by atoms with Crippen molar-refractivity contribution < 1.29 is 22.7 Å². The number of aryl methyl sites for hydroxylation is 1. The topological polar surface area (TPSA) is 96.0 Å².